The average molecular weight is 284 g/mol. The van der Waals surface area contributed by atoms with Gasteiger partial charge in [0.2, 0.25) is 0 Å². The largest absolute Gasteiger partial charge is 0.326 e. The molecule has 0 aromatic rings. The van der Waals surface area contributed by atoms with Crippen LogP contribution >= 0.6 is 0 Å². The maximum atomic E-state index is 5.38. The van der Waals surface area contributed by atoms with Crippen LogP contribution in [0.25, 0.3) is 0 Å². The van der Waals surface area contributed by atoms with E-state index >= 15 is 0 Å². The normalized spacial score (nSPS) is 57.6. The van der Waals surface area contributed by atoms with E-state index in [4.69, 9.17) is 28.4 Å². The molecule has 0 amide bonds. The second-order valence-electron chi connectivity index (χ2n) is 6.54. The number of ether oxygens (including phenoxy) is 6. The van der Waals surface area contributed by atoms with Crippen molar-refractivity contribution in [2.24, 2.45) is 0 Å². The minimum atomic E-state index is -0.323. The first-order valence-corrected chi connectivity index (χ1v) is 7.73. The quantitative estimate of drug-likeness (QED) is 0.668. The van der Waals surface area contributed by atoms with Crippen molar-refractivity contribution in [1.29, 1.82) is 0 Å². The number of hydrogen-bond donors (Lipinski definition) is 0. The molecule has 2 saturated carbocycles. The molecule has 6 heterocycles. The van der Waals surface area contributed by atoms with Gasteiger partial charge in [-0.25, -0.2) is 0 Å². The van der Waals surface area contributed by atoms with Gasteiger partial charge in [-0.2, -0.15) is 0 Å². The van der Waals surface area contributed by atoms with E-state index in [9.17, 15) is 0 Å². The minimum Gasteiger partial charge on any atom is -0.326 e. The lowest BCUT2D eigenvalue weighted by Crippen LogP contribution is -2.54. The summed E-state index contributed by atoms with van der Waals surface area (Å²) in [6.07, 6.45) is 9.04. The molecule has 6 saturated heterocycles. The van der Waals surface area contributed by atoms with Crippen molar-refractivity contribution in [3.05, 3.63) is 0 Å². The first-order chi connectivity index (χ1) is 9.80. The fourth-order valence-corrected chi connectivity index (χ4v) is 4.14. The molecule has 0 radical (unpaired) electrons. The molecule has 0 atom stereocenters. The van der Waals surface area contributed by atoms with Gasteiger partial charge in [0.05, 0.1) is 36.6 Å². The molecule has 8 fully saturated rings. The zero-order chi connectivity index (χ0) is 13.1. The van der Waals surface area contributed by atoms with Crippen molar-refractivity contribution >= 4 is 0 Å². The SMILES string of the molecule is C1C2CC3CC1OC(O2)O3.C1C2CC3CC1OC(O2)O3. The van der Waals surface area contributed by atoms with Gasteiger partial charge in [0.1, 0.15) is 0 Å². The molecule has 6 nitrogen and oxygen atoms in total. The predicted octanol–water partition coefficient (Wildman–Crippen LogP) is 1.27. The third-order valence-corrected chi connectivity index (χ3v) is 4.98. The first-order valence-electron chi connectivity index (χ1n) is 7.73. The molecule has 112 valence electrons. The van der Waals surface area contributed by atoms with Gasteiger partial charge in [0.15, 0.2) is 0 Å². The van der Waals surface area contributed by atoms with Gasteiger partial charge in [-0.3, -0.25) is 0 Å². The highest BCUT2D eigenvalue weighted by molar-refractivity contribution is 4.87. The third kappa shape index (κ3) is 2.19. The summed E-state index contributed by atoms with van der Waals surface area (Å²) in [6.45, 7) is -0.646. The van der Waals surface area contributed by atoms with Crippen molar-refractivity contribution in [3.63, 3.8) is 0 Å². The van der Waals surface area contributed by atoms with Crippen LogP contribution in [0.3, 0.4) is 0 Å². The summed E-state index contributed by atoms with van der Waals surface area (Å²) in [6, 6.07) is 0. The fourth-order valence-electron chi connectivity index (χ4n) is 4.14. The molecule has 2 aliphatic carbocycles. The Bertz CT molecular complexity index is 237. The van der Waals surface area contributed by atoms with E-state index in [1.165, 1.54) is 0 Å². The molecule has 20 heavy (non-hydrogen) atoms. The predicted molar refractivity (Wildman–Crippen MR) is 64.5 cm³/mol. The van der Waals surface area contributed by atoms with E-state index in [0.717, 1.165) is 38.5 Å². The van der Waals surface area contributed by atoms with Gasteiger partial charge in [0, 0.05) is 38.5 Å². The van der Waals surface area contributed by atoms with Gasteiger partial charge < -0.3 is 28.4 Å². The summed E-state index contributed by atoms with van der Waals surface area (Å²) >= 11 is 0. The maximum Gasteiger partial charge on any atom is 0.272 e. The summed E-state index contributed by atoms with van der Waals surface area (Å²) < 4.78 is 32.3. The molecule has 6 heteroatoms. The smallest absolute Gasteiger partial charge is 0.272 e. The maximum absolute atomic E-state index is 5.38. The van der Waals surface area contributed by atoms with E-state index in [1.807, 2.05) is 0 Å². The van der Waals surface area contributed by atoms with E-state index in [2.05, 4.69) is 0 Å². The Balaban J connectivity index is 0.0000000960. The average Bonchev–Trinajstić information content (AvgIpc) is 2.35. The summed E-state index contributed by atoms with van der Waals surface area (Å²) in [5.74, 6) is 0. The summed E-state index contributed by atoms with van der Waals surface area (Å²) in [5, 5.41) is 0. The van der Waals surface area contributed by atoms with Gasteiger partial charge in [-0.1, -0.05) is 0 Å². The van der Waals surface area contributed by atoms with Gasteiger partial charge in [0.25, 0.3) is 13.0 Å². The first kappa shape index (κ1) is 12.3. The Hall–Kier alpha value is -0.240. The highest BCUT2D eigenvalue weighted by Crippen LogP contribution is 2.39. The summed E-state index contributed by atoms with van der Waals surface area (Å²) in [7, 11) is 0. The van der Waals surface area contributed by atoms with E-state index in [1.54, 1.807) is 0 Å². The number of hydrogen-bond acceptors (Lipinski definition) is 6. The van der Waals surface area contributed by atoms with E-state index in [0.29, 0.717) is 36.6 Å². The second kappa shape index (κ2) is 4.63. The monoisotopic (exact) mass is 284 g/mol. The van der Waals surface area contributed by atoms with Crippen LogP contribution in [0.1, 0.15) is 38.5 Å². The molecule has 0 unspecified atom stereocenters. The second-order valence-corrected chi connectivity index (χ2v) is 6.54. The molecule has 8 aliphatic rings. The molecule has 8 bridgehead atoms. The van der Waals surface area contributed by atoms with Crippen LogP contribution < -0.4 is 0 Å². The van der Waals surface area contributed by atoms with Gasteiger partial charge in [-0.15, -0.1) is 0 Å². The van der Waals surface area contributed by atoms with Crippen LogP contribution in [0, 0.1) is 0 Å². The minimum absolute atomic E-state index is 0.323. The molecule has 8 rings (SSSR count). The topological polar surface area (TPSA) is 55.4 Å². The van der Waals surface area contributed by atoms with Crippen molar-refractivity contribution in [2.75, 3.05) is 0 Å². The summed E-state index contributed by atoms with van der Waals surface area (Å²) in [5.41, 5.74) is 0. The molecular weight excluding hydrogens is 264 g/mol. The molecule has 0 spiro atoms. The lowest BCUT2D eigenvalue weighted by Gasteiger charge is -2.48. The Morgan fingerprint density at radius 2 is 0.550 bits per heavy atom. The van der Waals surface area contributed by atoms with Crippen LogP contribution in [-0.4, -0.2) is 49.6 Å². The van der Waals surface area contributed by atoms with E-state index in [-0.39, 0.29) is 13.0 Å². The fraction of sp³-hybridized carbons (Fsp3) is 1.00. The Morgan fingerprint density at radius 3 is 0.700 bits per heavy atom. The Labute approximate surface area is 117 Å². The molecule has 0 aromatic carbocycles. The van der Waals surface area contributed by atoms with Crippen molar-refractivity contribution in [1.82, 2.24) is 0 Å². The molecule has 6 aliphatic heterocycles. The Kier molecular flexibility index (Phi) is 2.85. The molecule has 0 aromatic heterocycles. The van der Waals surface area contributed by atoms with Crippen LogP contribution in [0.2, 0.25) is 0 Å². The van der Waals surface area contributed by atoms with Crippen LogP contribution in [0.5, 0.6) is 0 Å². The van der Waals surface area contributed by atoms with E-state index < -0.39 is 0 Å². The van der Waals surface area contributed by atoms with Crippen molar-refractivity contribution in [3.8, 4) is 0 Å². The Morgan fingerprint density at radius 1 is 0.350 bits per heavy atom. The molecular formula is C14H20O6. The third-order valence-electron chi connectivity index (χ3n) is 4.98. The standard InChI is InChI=1S/2C7H10O3/c2*1-4-2-6-3-5(1)9-7(8-4)10-6/h2*4-7H,1-3H2. The lowest BCUT2D eigenvalue weighted by molar-refractivity contribution is -0.423. The van der Waals surface area contributed by atoms with Crippen molar-refractivity contribution in [2.45, 2.75) is 88.1 Å². The number of rotatable bonds is 0. The zero-order valence-electron chi connectivity index (χ0n) is 11.3. The lowest BCUT2D eigenvalue weighted by atomic mass is 9.90. The van der Waals surface area contributed by atoms with Crippen LogP contribution in [-0.2, 0) is 28.4 Å². The highest BCUT2D eigenvalue weighted by Gasteiger charge is 2.45. The van der Waals surface area contributed by atoms with Gasteiger partial charge >= 0.3 is 0 Å². The highest BCUT2D eigenvalue weighted by atomic mass is 16.9. The van der Waals surface area contributed by atoms with Crippen LogP contribution in [0.4, 0.5) is 0 Å². The van der Waals surface area contributed by atoms with Crippen LogP contribution in [0.15, 0.2) is 0 Å². The summed E-state index contributed by atoms with van der Waals surface area (Å²) in [4.78, 5) is 0. The van der Waals surface area contributed by atoms with Crippen molar-refractivity contribution < 1.29 is 28.4 Å². The van der Waals surface area contributed by atoms with Gasteiger partial charge in [-0.05, 0) is 0 Å². The zero-order valence-corrected chi connectivity index (χ0v) is 11.3. The molecule has 0 N–H and O–H groups in total.